The number of carboxylic acid groups (broad SMARTS) is 1. The van der Waals surface area contributed by atoms with Crippen LogP contribution in [0, 0.1) is 5.92 Å². The highest BCUT2D eigenvalue weighted by Crippen LogP contribution is 2.26. The molecule has 0 bridgehead atoms. The van der Waals surface area contributed by atoms with Crippen molar-refractivity contribution >= 4 is 5.97 Å². The molecule has 2 N–H and O–H groups in total. The van der Waals surface area contributed by atoms with Gasteiger partial charge in [0.15, 0.2) is 0 Å². The largest absolute Gasteiger partial charge is 0.480 e. The summed E-state index contributed by atoms with van der Waals surface area (Å²) in [5.41, 5.74) is -0.602. The second-order valence-electron chi connectivity index (χ2n) is 4.70. The van der Waals surface area contributed by atoms with Crippen molar-refractivity contribution in [3.63, 3.8) is 0 Å². The topological polar surface area (TPSA) is 49.3 Å². The zero-order chi connectivity index (χ0) is 10.6. The Labute approximate surface area is 85.9 Å². The van der Waals surface area contributed by atoms with Crippen molar-refractivity contribution in [2.45, 2.75) is 51.5 Å². The molecule has 1 heterocycles. The molecule has 3 heteroatoms. The zero-order valence-electron chi connectivity index (χ0n) is 9.18. The molecule has 0 radical (unpaired) electrons. The molecule has 1 aliphatic heterocycles. The smallest absolute Gasteiger partial charge is 0.323 e. The summed E-state index contributed by atoms with van der Waals surface area (Å²) in [6, 6.07) is 0. The predicted octanol–water partition coefficient (Wildman–Crippen LogP) is 2.02. The molecule has 0 aromatic heterocycles. The molecule has 1 atom stereocenters. The predicted molar refractivity (Wildman–Crippen MR) is 56.3 cm³/mol. The Balaban J connectivity index is 2.40. The van der Waals surface area contributed by atoms with Crippen molar-refractivity contribution in [2.75, 3.05) is 6.54 Å². The van der Waals surface area contributed by atoms with E-state index < -0.39 is 11.5 Å². The van der Waals surface area contributed by atoms with Crippen molar-refractivity contribution in [1.29, 1.82) is 0 Å². The number of hydrogen-bond acceptors (Lipinski definition) is 2. The van der Waals surface area contributed by atoms with Crippen molar-refractivity contribution in [3.8, 4) is 0 Å². The number of nitrogens with one attached hydrogen (secondary N) is 1. The minimum Gasteiger partial charge on any atom is -0.480 e. The van der Waals surface area contributed by atoms with E-state index >= 15 is 0 Å². The molecule has 82 valence electrons. The Morgan fingerprint density at radius 1 is 1.57 bits per heavy atom. The van der Waals surface area contributed by atoms with E-state index in [1.54, 1.807) is 0 Å². The first-order valence-corrected chi connectivity index (χ1v) is 5.55. The van der Waals surface area contributed by atoms with Crippen LogP contribution in [0.2, 0.25) is 0 Å². The third-order valence-electron chi connectivity index (χ3n) is 3.04. The molecule has 1 rings (SSSR count). The van der Waals surface area contributed by atoms with Crippen LogP contribution in [0.1, 0.15) is 46.0 Å². The third-order valence-corrected chi connectivity index (χ3v) is 3.04. The Bertz CT molecular complexity index is 195. The van der Waals surface area contributed by atoms with Gasteiger partial charge in [0.1, 0.15) is 5.54 Å². The number of carboxylic acids is 1. The second kappa shape index (κ2) is 4.78. The Morgan fingerprint density at radius 2 is 2.29 bits per heavy atom. The molecule has 0 amide bonds. The van der Waals surface area contributed by atoms with Gasteiger partial charge in [0.05, 0.1) is 0 Å². The maximum Gasteiger partial charge on any atom is 0.323 e. The molecule has 0 spiro atoms. The lowest BCUT2D eigenvalue weighted by molar-refractivity contribution is -0.144. The van der Waals surface area contributed by atoms with E-state index in [4.69, 9.17) is 5.11 Å². The molecule has 1 unspecified atom stereocenters. The fraction of sp³-hybridized carbons (Fsp3) is 0.909. The van der Waals surface area contributed by atoms with Gasteiger partial charge in [-0.3, -0.25) is 4.79 Å². The SMILES string of the molecule is CC(C)CCCC1(C(=O)O)CCCN1. The number of hydrogen-bond donors (Lipinski definition) is 2. The molecular formula is C11H21NO2. The van der Waals surface area contributed by atoms with Gasteiger partial charge in [-0.15, -0.1) is 0 Å². The maximum atomic E-state index is 11.1. The molecule has 1 saturated heterocycles. The first-order chi connectivity index (χ1) is 6.57. The molecule has 1 fully saturated rings. The van der Waals surface area contributed by atoms with E-state index in [1.165, 1.54) is 0 Å². The van der Waals surface area contributed by atoms with Gasteiger partial charge in [-0.1, -0.05) is 26.7 Å². The van der Waals surface area contributed by atoms with E-state index in [2.05, 4.69) is 19.2 Å². The van der Waals surface area contributed by atoms with Crippen molar-refractivity contribution in [2.24, 2.45) is 5.92 Å². The monoisotopic (exact) mass is 199 g/mol. The minimum absolute atomic E-state index is 0.602. The molecule has 14 heavy (non-hydrogen) atoms. The van der Waals surface area contributed by atoms with Gasteiger partial charge < -0.3 is 10.4 Å². The lowest BCUT2D eigenvalue weighted by atomic mass is 9.89. The number of carbonyl (C=O) groups is 1. The van der Waals surface area contributed by atoms with Gasteiger partial charge >= 0.3 is 5.97 Å². The summed E-state index contributed by atoms with van der Waals surface area (Å²) in [6.07, 6.45) is 4.70. The van der Waals surface area contributed by atoms with Crippen LogP contribution in [0.15, 0.2) is 0 Å². The van der Waals surface area contributed by atoms with Gasteiger partial charge in [0, 0.05) is 0 Å². The van der Waals surface area contributed by atoms with Gasteiger partial charge in [0.2, 0.25) is 0 Å². The molecule has 0 aromatic rings. The molecule has 1 aliphatic rings. The maximum absolute atomic E-state index is 11.1. The lowest BCUT2D eigenvalue weighted by Gasteiger charge is -2.24. The highest BCUT2D eigenvalue weighted by molar-refractivity contribution is 5.79. The zero-order valence-corrected chi connectivity index (χ0v) is 9.18. The average Bonchev–Trinajstić information content (AvgIpc) is 2.53. The van der Waals surface area contributed by atoms with Crippen LogP contribution in [-0.2, 0) is 4.79 Å². The van der Waals surface area contributed by atoms with Gasteiger partial charge in [-0.2, -0.15) is 0 Å². The van der Waals surface area contributed by atoms with Gasteiger partial charge in [-0.05, 0) is 31.7 Å². The van der Waals surface area contributed by atoms with Gasteiger partial charge in [-0.25, -0.2) is 0 Å². The average molecular weight is 199 g/mol. The van der Waals surface area contributed by atoms with E-state index in [1.807, 2.05) is 0 Å². The Kier molecular flexibility index (Phi) is 3.93. The van der Waals surface area contributed by atoms with Crippen LogP contribution >= 0.6 is 0 Å². The van der Waals surface area contributed by atoms with E-state index in [0.717, 1.165) is 38.6 Å². The summed E-state index contributed by atoms with van der Waals surface area (Å²) >= 11 is 0. The fourth-order valence-corrected chi connectivity index (χ4v) is 2.12. The first kappa shape index (κ1) is 11.5. The quantitative estimate of drug-likeness (QED) is 0.712. The Morgan fingerprint density at radius 3 is 2.71 bits per heavy atom. The Hall–Kier alpha value is -0.570. The summed E-state index contributed by atoms with van der Waals surface area (Å²) < 4.78 is 0. The summed E-state index contributed by atoms with van der Waals surface area (Å²) in [5, 5.41) is 12.3. The van der Waals surface area contributed by atoms with E-state index in [0.29, 0.717) is 5.92 Å². The van der Waals surface area contributed by atoms with E-state index in [-0.39, 0.29) is 0 Å². The van der Waals surface area contributed by atoms with Crippen LogP contribution in [0.5, 0.6) is 0 Å². The molecule has 3 nitrogen and oxygen atoms in total. The second-order valence-corrected chi connectivity index (χ2v) is 4.70. The van der Waals surface area contributed by atoms with Crippen molar-refractivity contribution in [3.05, 3.63) is 0 Å². The lowest BCUT2D eigenvalue weighted by Crippen LogP contribution is -2.47. The fourth-order valence-electron chi connectivity index (χ4n) is 2.12. The molecule has 0 saturated carbocycles. The van der Waals surface area contributed by atoms with Crippen LogP contribution in [-0.4, -0.2) is 23.2 Å². The summed E-state index contributed by atoms with van der Waals surface area (Å²) in [5.74, 6) is 0.000930. The minimum atomic E-state index is -0.668. The number of aliphatic carboxylic acids is 1. The molecule has 0 aromatic carbocycles. The van der Waals surface area contributed by atoms with Gasteiger partial charge in [0.25, 0.3) is 0 Å². The first-order valence-electron chi connectivity index (χ1n) is 5.55. The third kappa shape index (κ3) is 2.71. The van der Waals surface area contributed by atoms with Crippen molar-refractivity contribution in [1.82, 2.24) is 5.32 Å². The molecular weight excluding hydrogens is 178 g/mol. The standard InChI is InChI=1S/C11H21NO2/c1-9(2)5-3-6-11(10(13)14)7-4-8-12-11/h9,12H,3-8H2,1-2H3,(H,13,14). The van der Waals surface area contributed by atoms with Crippen molar-refractivity contribution < 1.29 is 9.90 Å². The summed E-state index contributed by atoms with van der Waals surface area (Å²) in [6.45, 7) is 5.21. The van der Waals surface area contributed by atoms with Crippen LogP contribution < -0.4 is 5.32 Å². The van der Waals surface area contributed by atoms with E-state index in [9.17, 15) is 4.79 Å². The number of rotatable bonds is 5. The highest BCUT2D eigenvalue weighted by atomic mass is 16.4. The normalized spacial score (nSPS) is 27.1. The van der Waals surface area contributed by atoms with Crippen LogP contribution in [0.4, 0.5) is 0 Å². The van der Waals surface area contributed by atoms with Crippen LogP contribution in [0.3, 0.4) is 0 Å². The van der Waals surface area contributed by atoms with Crippen LogP contribution in [0.25, 0.3) is 0 Å². The summed E-state index contributed by atoms with van der Waals surface area (Å²) in [4.78, 5) is 11.1. The highest BCUT2D eigenvalue weighted by Gasteiger charge is 2.40. The summed E-state index contributed by atoms with van der Waals surface area (Å²) in [7, 11) is 0. The molecule has 0 aliphatic carbocycles.